The third-order valence-corrected chi connectivity index (χ3v) is 2.70. The third-order valence-electron chi connectivity index (χ3n) is 1.58. The van der Waals surface area contributed by atoms with Gasteiger partial charge in [0.05, 0.1) is 0 Å². The van der Waals surface area contributed by atoms with E-state index in [1.165, 1.54) is 19.3 Å². The Morgan fingerprint density at radius 2 is 1.56 bits per heavy atom. The molecule has 0 fully saturated rings. The zero-order valence-corrected chi connectivity index (χ0v) is 11.4. The molecule has 2 unspecified atom stereocenters. The molecule has 3 N–H and O–H groups in total. The quantitative estimate of drug-likeness (QED) is 0.486. The molecule has 8 heteroatoms. The molecule has 6 nitrogen and oxygen atoms in total. The predicted molar refractivity (Wildman–Crippen MR) is 61.1 cm³/mol. The SMILES string of the molecule is CC(C)CCCCCO.O=[P+](O)O[P+](=O)O. The standard InChI is InChI=1S/C8H18O.O5P2/c1-8(2)6-4-3-5-7-9;1-6(2)5-7(3)4/h8-9H,3-7H2,1-2H3;/p+2. The zero-order chi connectivity index (χ0) is 13.0. The maximum atomic E-state index is 9.39. The normalized spacial score (nSPS) is 11.9. The van der Waals surface area contributed by atoms with Crippen molar-refractivity contribution in [3.63, 3.8) is 0 Å². The van der Waals surface area contributed by atoms with Gasteiger partial charge in [0.2, 0.25) is 0 Å². The van der Waals surface area contributed by atoms with Gasteiger partial charge in [-0.3, -0.25) is 0 Å². The molecule has 0 heterocycles. The summed E-state index contributed by atoms with van der Waals surface area (Å²) in [5, 5.41) is 8.43. The molecule has 0 aliphatic heterocycles. The average Bonchev–Trinajstić information content (AvgIpc) is 2.11. The van der Waals surface area contributed by atoms with E-state index in [1.807, 2.05) is 0 Å². The van der Waals surface area contributed by atoms with Crippen LogP contribution < -0.4 is 0 Å². The summed E-state index contributed by atoms with van der Waals surface area (Å²) in [7, 11) is -5.85. The Morgan fingerprint density at radius 3 is 1.81 bits per heavy atom. The molecule has 0 radical (unpaired) electrons. The Balaban J connectivity index is 0. The van der Waals surface area contributed by atoms with Gasteiger partial charge in [-0.05, 0) is 12.3 Å². The fourth-order valence-corrected chi connectivity index (χ4v) is 1.38. The number of hydrogen-bond acceptors (Lipinski definition) is 4. The van der Waals surface area contributed by atoms with Crippen molar-refractivity contribution in [3.8, 4) is 0 Å². The summed E-state index contributed by atoms with van der Waals surface area (Å²) < 4.78 is 22.2. The van der Waals surface area contributed by atoms with Crippen LogP contribution in [0.15, 0.2) is 0 Å². The highest BCUT2D eigenvalue weighted by molar-refractivity contribution is 7.46. The summed E-state index contributed by atoms with van der Waals surface area (Å²) in [4.78, 5) is 15.3. The minimum Gasteiger partial charge on any atom is -0.396 e. The molecule has 0 bridgehead atoms. The molecule has 2 atom stereocenters. The van der Waals surface area contributed by atoms with Crippen molar-refractivity contribution in [3.05, 3.63) is 0 Å². The molecular weight excluding hydrogens is 254 g/mol. The van der Waals surface area contributed by atoms with Crippen LogP contribution >= 0.6 is 16.5 Å². The van der Waals surface area contributed by atoms with E-state index in [4.69, 9.17) is 14.9 Å². The summed E-state index contributed by atoms with van der Waals surface area (Å²) >= 11 is 0. The second-order valence-corrected chi connectivity index (χ2v) is 5.13. The highest BCUT2D eigenvalue weighted by atomic mass is 31.2. The first-order valence-electron chi connectivity index (χ1n) is 5.01. The first-order valence-corrected chi connectivity index (χ1v) is 7.27. The van der Waals surface area contributed by atoms with Crippen molar-refractivity contribution < 1.29 is 28.3 Å². The van der Waals surface area contributed by atoms with Crippen LogP contribution in [0.4, 0.5) is 0 Å². The molecule has 16 heavy (non-hydrogen) atoms. The van der Waals surface area contributed by atoms with E-state index < -0.39 is 16.5 Å². The van der Waals surface area contributed by atoms with Crippen LogP contribution in [0, 0.1) is 5.92 Å². The lowest BCUT2D eigenvalue weighted by atomic mass is 10.1. The van der Waals surface area contributed by atoms with E-state index in [9.17, 15) is 9.13 Å². The number of rotatable bonds is 7. The van der Waals surface area contributed by atoms with Crippen molar-refractivity contribution in [2.75, 3.05) is 6.61 Å². The molecule has 0 aliphatic rings. The van der Waals surface area contributed by atoms with Crippen molar-refractivity contribution in [2.24, 2.45) is 5.92 Å². The summed E-state index contributed by atoms with van der Waals surface area (Å²) in [5.41, 5.74) is 0. The summed E-state index contributed by atoms with van der Waals surface area (Å²) in [5.74, 6) is 0.823. The van der Waals surface area contributed by atoms with Gasteiger partial charge >= 0.3 is 16.5 Å². The molecular formula is C8H20O6P2+2. The summed E-state index contributed by atoms with van der Waals surface area (Å²) in [6.07, 6.45) is 4.75. The largest absolute Gasteiger partial charge is 0.745 e. The molecule has 0 aliphatic carbocycles. The van der Waals surface area contributed by atoms with Gasteiger partial charge in [0.1, 0.15) is 0 Å². The molecule has 0 saturated carbocycles. The van der Waals surface area contributed by atoms with Crippen LogP contribution in [0.1, 0.15) is 39.5 Å². The fourth-order valence-electron chi connectivity index (χ4n) is 0.901. The number of aliphatic hydroxyl groups is 1. The second kappa shape index (κ2) is 13.1. The van der Waals surface area contributed by atoms with Crippen molar-refractivity contribution in [1.82, 2.24) is 0 Å². The molecule has 0 amide bonds. The average molecular weight is 274 g/mol. The second-order valence-electron chi connectivity index (χ2n) is 3.52. The molecule has 0 rings (SSSR count). The van der Waals surface area contributed by atoms with Crippen LogP contribution in [0.25, 0.3) is 0 Å². The van der Waals surface area contributed by atoms with Crippen molar-refractivity contribution in [1.29, 1.82) is 0 Å². The van der Waals surface area contributed by atoms with Crippen molar-refractivity contribution >= 4 is 16.5 Å². The first kappa shape index (κ1) is 18.4. The maximum Gasteiger partial charge on any atom is 0.745 e. The smallest absolute Gasteiger partial charge is 0.396 e. The minimum atomic E-state index is -2.92. The van der Waals surface area contributed by atoms with Gasteiger partial charge < -0.3 is 5.11 Å². The summed E-state index contributed by atoms with van der Waals surface area (Å²) in [6.45, 7) is 4.83. The monoisotopic (exact) mass is 274 g/mol. The Hall–Kier alpha value is 0.0400. The van der Waals surface area contributed by atoms with E-state index in [-0.39, 0.29) is 0 Å². The van der Waals surface area contributed by atoms with Gasteiger partial charge in [-0.25, -0.2) is 0 Å². The number of aliphatic hydroxyl groups excluding tert-OH is 1. The molecule has 96 valence electrons. The molecule has 0 aromatic carbocycles. The van der Waals surface area contributed by atoms with Crippen LogP contribution in [0.3, 0.4) is 0 Å². The van der Waals surface area contributed by atoms with Gasteiger partial charge in [0.15, 0.2) is 4.31 Å². The first-order chi connectivity index (χ1) is 7.40. The van der Waals surface area contributed by atoms with E-state index in [2.05, 4.69) is 18.2 Å². The van der Waals surface area contributed by atoms with Crippen LogP contribution in [0.5, 0.6) is 0 Å². The van der Waals surface area contributed by atoms with Gasteiger partial charge in [-0.2, -0.15) is 0 Å². The lowest BCUT2D eigenvalue weighted by Crippen LogP contribution is -1.88. The van der Waals surface area contributed by atoms with Crippen molar-refractivity contribution in [2.45, 2.75) is 39.5 Å². The van der Waals surface area contributed by atoms with Gasteiger partial charge in [0, 0.05) is 15.7 Å². The van der Waals surface area contributed by atoms with Crippen LogP contribution in [0.2, 0.25) is 0 Å². The highest BCUT2D eigenvalue weighted by Crippen LogP contribution is 2.30. The highest BCUT2D eigenvalue weighted by Gasteiger charge is 2.31. The Morgan fingerprint density at radius 1 is 1.06 bits per heavy atom. The summed E-state index contributed by atoms with van der Waals surface area (Å²) in [6, 6.07) is 0. The Labute approximate surface area is 97.6 Å². The van der Waals surface area contributed by atoms with Gasteiger partial charge in [-0.1, -0.05) is 33.1 Å². The molecule has 0 aromatic heterocycles. The molecule has 0 spiro atoms. The lowest BCUT2D eigenvalue weighted by molar-refractivity contribution is 0.281. The van der Waals surface area contributed by atoms with E-state index in [1.54, 1.807) is 0 Å². The number of unbranched alkanes of at least 4 members (excludes halogenated alkanes) is 2. The Kier molecular flexibility index (Phi) is 15.1. The third kappa shape index (κ3) is 23.7. The topological polar surface area (TPSA) is 104 Å². The molecule has 0 aromatic rings. The van der Waals surface area contributed by atoms with E-state index in [0.717, 1.165) is 12.3 Å². The van der Waals surface area contributed by atoms with E-state index >= 15 is 0 Å². The minimum absolute atomic E-state index is 0.359. The fraction of sp³-hybridized carbons (Fsp3) is 1.00. The lowest BCUT2D eigenvalue weighted by Gasteiger charge is -2.01. The predicted octanol–water partition coefficient (Wildman–Crippen LogP) is 2.50. The molecule has 0 saturated heterocycles. The zero-order valence-electron chi connectivity index (χ0n) is 9.57. The van der Waals surface area contributed by atoms with Crippen LogP contribution in [-0.2, 0) is 13.4 Å². The van der Waals surface area contributed by atoms with Gasteiger partial charge in [0.25, 0.3) is 0 Å². The van der Waals surface area contributed by atoms with E-state index in [0.29, 0.717) is 6.61 Å². The van der Waals surface area contributed by atoms with Gasteiger partial charge in [-0.15, -0.1) is 9.79 Å². The number of hydrogen-bond donors (Lipinski definition) is 3. The maximum absolute atomic E-state index is 9.39. The van der Waals surface area contributed by atoms with Crippen LogP contribution in [-0.4, -0.2) is 21.5 Å². The Bertz CT molecular complexity index is 185.